The van der Waals surface area contributed by atoms with Crippen LogP contribution in [-0.2, 0) is 14.6 Å². The Hall–Kier alpha value is -2.87. The SMILES string of the molecule is CS(=O)(=O)c1cccc(OCC(=O)N2CCC[C@@H]2c2nc3ccccc3[nH]2)c1. The topological polar surface area (TPSA) is 92.4 Å². The summed E-state index contributed by atoms with van der Waals surface area (Å²) in [4.78, 5) is 22.6. The van der Waals surface area contributed by atoms with Crippen LogP contribution >= 0.6 is 0 Å². The molecule has 0 saturated carbocycles. The van der Waals surface area contributed by atoms with Gasteiger partial charge in [-0.1, -0.05) is 18.2 Å². The predicted molar refractivity (Wildman–Crippen MR) is 105 cm³/mol. The zero-order valence-electron chi connectivity index (χ0n) is 15.5. The van der Waals surface area contributed by atoms with Crippen molar-refractivity contribution >= 4 is 26.8 Å². The average molecular weight is 399 g/mol. The van der Waals surface area contributed by atoms with E-state index in [1.165, 1.54) is 12.1 Å². The quantitative estimate of drug-likeness (QED) is 0.712. The molecule has 146 valence electrons. The normalized spacial score (nSPS) is 17.2. The van der Waals surface area contributed by atoms with Gasteiger partial charge in [0.25, 0.3) is 5.91 Å². The standard InChI is InChI=1S/C20H21N3O4S/c1-28(25,26)15-7-4-6-14(12-15)27-13-19(24)23-11-5-10-18(23)20-21-16-8-2-3-9-17(16)22-20/h2-4,6-9,12,18H,5,10-11,13H2,1H3,(H,21,22)/t18-/m1/s1. The first-order chi connectivity index (χ1) is 13.4. The number of benzene rings is 2. The Balaban J connectivity index is 1.47. The molecule has 28 heavy (non-hydrogen) atoms. The van der Waals surface area contributed by atoms with E-state index >= 15 is 0 Å². The van der Waals surface area contributed by atoms with Gasteiger partial charge in [-0.2, -0.15) is 0 Å². The van der Waals surface area contributed by atoms with Crippen LogP contribution in [0.5, 0.6) is 5.75 Å². The van der Waals surface area contributed by atoms with Crippen LogP contribution in [0.2, 0.25) is 0 Å². The summed E-state index contributed by atoms with van der Waals surface area (Å²) >= 11 is 0. The summed E-state index contributed by atoms with van der Waals surface area (Å²) in [5.41, 5.74) is 1.83. The maximum Gasteiger partial charge on any atom is 0.261 e. The number of H-pyrrole nitrogens is 1. The fourth-order valence-corrected chi connectivity index (χ4v) is 4.16. The second-order valence-electron chi connectivity index (χ2n) is 6.92. The van der Waals surface area contributed by atoms with E-state index in [0.29, 0.717) is 12.3 Å². The summed E-state index contributed by atoms with van der Waals surface area (Å²) in [5.74, 6) is 0.995. The molecule has 1 amide bonds. The van der Waals surface area contributed by atoms with Gasteiger partial charge in [0.05, 0.1) is 22.0 Å². The first-order valence-corrected chi connectivity index (χ1v) is 11.0. The number of likely N-dealkylation sites (tertiary alicyclic amines) is 1. The lowest BCUT2D eigenvalue weighted by Crippen LogP contribution is -2.34. The maximum absolute atomic E-state index is 12.7. The zero-order valence-corrected chi connectivity index (χ0v) is 16.3. The van der Waals surface area contributed by atoms with E-state index in [-0.39, 0.29) is 23.5 Å². The van der Waals surface area contributed by atoms with Crippen molar-refractivity contribution in [1.82, 2.24) is 14.9 Å². The first-order valence-electron chi connectivity index (χ1n) is 9.09. The Morgan fingerprint density at radius 2 is 2.07 bits per heavy atom. The average Bonchev–Trinajstić information content (AvgIpc) is 3.32. The Morgan fingerprint density at radius 3 is 2.86 bits per heavy atom. The molecule has 2 aromatic carbocycles. The zero-order chi connectivity index (χ0) is 19.7. The van der Waals surface area contributed by atoms with E-state index in [4.69, 9.17) is 4.74 Å². The van der Waals surface area contributed by atoms with Gasteiger partial charge in [0.2, 0.25) is 0 Å². The van der Waals surface area contributed by atoms with Gasteiger partial charge in [0.15, 0.2) is 16.4 Å². The highest BCUT2D eigenvalue weighted by molar-refractivity contribution is 7.90. The molecule has 4 rings (SSSR count). The molecule has 1 saturated heterocycles. The summed E-state index contributed by atoms with van der Waals surface area (Å²) in [7, 11) is -3.32. The lowest BCUT2D eigenvalue weighted by molar-refractivity contribution is -0.134. The third-order valence-corrected chi connectivity index (χ3v) is 6.00. The minimum atomic E-state index is -3.32. The number of aromatic amines is 1. The molecule has 0 radical (unpaired) electrons. The monoisotopic (exact) mass is 399 g/mol. The van der Waals surface area contributed by atoms with E-state index in [2.05, 4.69) is 9.97 Å². The third-order valence-electron chi connectivity index (χ3n) is 4.89. The van der Waals surface area contributed by atoms with Crippen molar-refractivity contribution in [1.29, 1.82) is 0 Å². The van der Waals surface area contributed by atoms with Gasteiger partial charge in [-0.3, -0.25) is 4.79 Å². The number of fused-ring (bicyclic) bond motifs is 1. The minimum absolute atomic E-state index is 0.106. The summed E-state index contributed by atoms with van der Waals surface area (Å²) in [6.45, 7) is 0.497. The molecule has 7 nitrogen and oxygen atoms in total. The van der Waals surface area contributed by atoms with Crippen molar-refractivity contribution in [3.63, 3.8) is 0 Å². The first kappa shape index (κ1) is 18.5. The summed E-state index contributed by atoms with van der Waals surface area (Å²) in [6, 6.07) is 13.9. The van der Waals surface area contributed by atoms with Crippen LogP contribution in [0.25, 0.3) is 11.0 Å². The van der Waals surface area contributed by atoms with Crippen LogP contribution in [0.4, 0.5) is 0 Å². The number of rotatable bonds is 5. The summed E-state index contributed by atoms with van der Waals surface area (Å²) in [6.07, 6.45) is 2.88. The predicted octanol–water partition coefficient (Wildman–Crippen LogP) is 2.71. The van der Waals surface area contributed by atoms with Crippen LogP contribution in [0, 0.1) is 0 Å². The number of nitrogens with one attached hydrogen (secondary N) is 1. The molecule has 1 fully saturated rings. The van der Waals surface area contributed by atoms with Crippen molar-refractivity contribution in [2.75, 3.05) is 19.4 Å². The number of para-hydroxylation sites is 2. The Labute approximate surface area is 163 Å². The molecule has 1 N–H and O–H groups in total. The fourth-order valence-electron chi connectivity index (χ4n) is 3.50. The minimum Gasteiger partial charge on any atom is -0.484 e. The van der Waals surface area contributed by atoms with Gasteiger partial charge in [-0.15, -0.1) is 0 Å². The van der Waals surface area contributed by atoms with Crippen molar-refractivity contribution in [2.24, 2.45) is 0 Å². The molecular formula is C20H21N3O4S. The smallest absolute Gasteiger partial charge is 0.261 e. The second-order valence-corrected chi connectivity index (χ2v) is 8.94. The highest BCUT2D eigenvalue weighted by Crippen LogP contribution is 2.31. The van der Waals surface area contributed by atoms with Gasteiger partial charge in [-0.25, -0.2) is 13.4 Å². The number of sulfone groups is 1. The van der Waals surface area contributed by atoms with E-state index in [9.17, 15) is 13.2 Å². The number of carbonyl (C=O) groups excluding carboxylic acids is 1. The molecular weight excluding hydrogens is 378 g/mol. The number of hydrogen-bond acceptors (Lipinski definition) is 5. The number of carbonyl (C=O) groups is 1. The van der Waals surface area contributed by atoms with Gasteiger partial charge >= 0.3 is 0 Å². The van der Waals surface area contributed by atoms with Crippen LogP contribution in [0.15, 0.2) is 53.4 Å². The highest BCUT2D eigenvalue weighted by Gasteiger charge is 2.32. The van der Waals surface area contributed by atoms with E-state index in [0.717, 1.165) is 36.0 Å². The van der Waals surface area contributed by atoms with Crippen molar-refractivity contribution in [3.05, 3.63) is 54.4 Å². The fraction of sp³-hybridized carbons (Fsp3) is 0.300. The largest absolute Gasteiger partial charge is 0.484 e. The van der Waals surface area contributed by atoms with Crippen LogP contribution < -0.4 is 4.74 Å². The Bertz CT molecular complexity index is 1090. The number of amides is 1. The molecule has 8 heteroatoms. The summed E-state index contributed by atoms with van der Waals surface area (Å²) in [5, 5.41) is 0. The molecule has 0 unspecified atom stereocenters. The molecule has 0 spiro atoms. The Morgan fingerprint density at radius 1 is 1.25 bits per heavy atom. The third kappa shape index (κ3) is 3.73. The molecule has 3 aromatic rings. The van der Waals surface area contributed by atoms with Crippen molar-refractivity contribution < 1.29 is 17.9 Å². The second kappa shape index (κ2) is 7.27. The van der Waals surface area contributed by atoms with Gasteiger partial charge in [0, 0.05) is 12.8 Å². The van der Waals surface area contributed by atoms with Gasteiger partial charge < -0.3 is 14.6 Å². The number of hydrogen-bond donors (Lipinski definition) is 1. The lowest BCUT2D eigenvalue weighted by atomic mass is 10.2. The van der Waals surface area contributed by atoms with E-state index < -0.39 is 9.84 Å². The van der Waals surface area contributed by atoms with Crippen molar-refractivity contribution in [2.45, 2.75) is 23.8 Å². The van der Waals surface area contributed by atoms with E-state index in [1.807, 2.05) is 24.3 Å². The number of imidazole rings is 1. The number of ether oxygens (including phenoxy) is 1. The molecule has 1 aromatic heterocycles. The van der Waals surface area contributed by atoms with Crippen LogP contribution in [-0.4, -0.2) is 48.6 Å². The molecule has 2 heterocycles. The lowest BCUT2D eigenvalue weighted by Gasteiger charge is -2.23. The number of aromatic nitrogens is 2. The molecule has 0 bridgehead atoms. The van der Waals surface area contributed by atoms with Gasteiger partial charge in [-0.05, 0) is 43.2 Å². The molecule has 0 aliphatic carbocycles. The summed E-state index contributed by atoms with van der Waals surface area (Å²) < 4.78 is 28.9. The molecule has 1 aliphatic rings. The molecule has 1 atom stereocenters. The van der Waals surface area contributed by atoms with Crippen LogP contribution in [0.3, 0.4) is 0 Å². The Kier molecular flexibility index (Phi) is 4.80. The highest BCUT2D eigenvalue weighted by atomic mass is 32.2. The molecule has 1 aliphatic heterocycles. The van der Waals surface area contributed by atoms with Crippen LogP contribution in [0.1, 0.15) is 24.7 Å². The van der Waals surface area contributed by atoms with Gasteiger partial charge in [0.1, 0.15) is 11.6 Å². The van der Waals surface area contributed by atoms with Crippen molar-refractivity contribution in [3.8, 4) is 5.75 Å². The van der Waals surface area contributed by atoms with E-state index in [1.54, 1.807) is 17.0 Å². The maximum atomic E-state index is 12.7. The number of nitrogens with zero attached hydrogens (tertiary/aromatic N) is 2.